The highest BCUT2D eigenvalue weighted by molar-refractivity contribution is 5.84. The molecule has 84 valence electrons. The van der Waals surface area contributed by atoms with Gasteiger partial charge in [-0.15, -0.1) is 0 Å². The summed E-state index contributed by atoms with van der Waals surface area (Å²) in [6.07, 6.45) is 1.77. The monoisotopic (exact) mass is 216 g/mol. The molecule has 0 fully saturated rings. The first-order valence-corrected chi connectivity index (χ1v) is 5.44. The van der Waals surface area contributed by atoms with Crippen molar-refractivity contribution < 1.29 is 4.74 Å². The van der Waals surface area contributed by atoms with E-state index in [2.05, 4.69) is 4.98 Å². The maximum absolute atomic E-state index is 5.82. The molecule has 0 radical (unpaired) electrons. The van der Waals surface area contributed by atoms with E-state index < -0.39 is 0 Å². The van der Waals surface area contributed by atoms with Crippen molar-refractivity contribution in [2.45, 2.75) is 26.0 Å². The van der Waals surface area contributed by atoms with Crippen molar-refractivity contribution in [3.63, 3.8) is 0 Å². The molecule has 1 aromatic carbocycles. The predicted molar refractivity (Wildman–Crippen MR) is 65.5 cm³/mol. The predicted octanol–water partition coefficient (Wildman–Crippen LogP) is 2.35. The van der Waals surface area contributed by atoms with Gasteiger partial charge in [-0.3, -0.25) is 4.98 Å². The van der Waals surface area contributed by atoms with E-state index in [1.807, 2.05) is 44.2 Å². The van der Waals surface area contributed by atoms with Crippen LogP contribution >= 0.6 is 0 Å². The fourth-order valence-corrected chi connectivity index (χ4v) is 1.49. The maximum atomic E-state index is 5.82. The van der Waals surface area contributed by atoms with Crippen molar-refractivity contribution in [2.24, 2.45) is 5.73 Å². The fraction of sp³-hybridized carbons (Fsp3) is 0.308. The Balaban J connectivity index is 2.37. The molecule has 1 aromatic heterocycles. The van der Waals surface area contributed by atoms with Crippen LogP contribution in [0.4, 0.5) is 0 Å². The molecule has 0 amide bonds. The van der Waals surface area contributed by atoms with Crippen LogP contribution in [0.2, 0.25) is 0 Å². The average Bonchev–Trinajstić information content (AvgIpc) is 2.29. The molecule has 2 rings (SSSR count). The molecule has 16 heavy (non-hydrogen) atoms. The third-order valence-electron chi connectivity index (χ3n) is 2.66. The molecule has 2 N–H and O–H groups in total. The molecule has 3 heteroatoms. The zero-order chi connectivity index (χ0) is 11.5. The molecular formula is C13H16N2O. The lowest BCUT2D eigenvalue weighted by Gasteiger charge is -2.18. The minimum absolute atomic E-state index is 0.00641. The van der Waals surface area contributed by atoms with Gasteiger partial charge in [-0.2, -0.15) is 0 Å². The maximum Gasteiger partial charge on any atom is 0.129 e. The van der Waals surface area contributed by atoms with Gasteiger partial charge in [0.1, 0.15) is 11.9 Å². The summed E-state index contributed by atoms with van der Waals surface area (Å²) in [5.74, 6) is 0.843. The van der Waals surface area contributed by atoms with Gasteiger partial charge in [0.05, 0.1) is 5.52 Å². The Morgan fingerprint density at radius 3 is 2.75 bits per heavy atom. The van der Waals surface area contributed by atoms with Crippen molar-refractivity contribution in [3.05, 3.63) is 36.5 Å². The van der Waals surface area contributed by atoms with Crippen molar-refractivity contribution in [2.75, 3.05) is 0 Å². The van der Waals surface area contributed by atoms with Gasteiger partial charge in [0, 0.05) is 17.6 Å². The number of pyridine rings is 1. The highest BCUT2D eigenvalue weighted by atomic mass is 16.5. The zero-order valence-electron chi connectivity index (χ0n) is 9.55. The van der Waals surface area contributed by atoms with Crippen LogP contribution in [-0.4, -0.2) is 17.1 Å². The van der Waals surface area contributed by atoms with E-state index in [-0.39, 0.29) is 12.1 Å². The Hall–Kier alpha value is -1.61. The zero-order valence-corrected chi connectivity index (χ0v) is 9.55. The smallest absolute Gasteiger partial charge is 0.129 e. The molecule has 0 bridgehead atoms. The molecular weight excluding hydrogens is 200 g/mol. The van der Waals surface area contributed by atoms with Crippen LogP contribution < -0.4 is 10.5 Å². The molecule has 0 spiro atoms. The summed E-state index contributed by atoms with van der Waals surface area (Å²) in [4.78, 5) is 4.28. The summed E-state index contributed by atoms with van der Waals surface area (Å²) in [7, 11) is 0. The molecule has 0 aliphatic heterocycles. The van der Waals surface area contributed by atoms with Gasteiger partial charge in [-0.25, -0.2) is 0 Å². The van der Waals surface area contributed by atoms with Gasteiger partial charge in [0.25, 0.3) is 0 Å². The van der Waals surface area contributed by atoms with Crippen LogP contribution in [0.3, 0.4) is 0 Å². The summed E-state index contributed by atoms with van der Waals surface area (Å²) < 4.78 is 5.82. The number of nitrogens with two attached hydrogens (primary N) is 1. The van der Waals surface area contributed by atoms with Gasteiger partial charge in [-0.1, -0.05) is 6.07 Å². The largest absolute Gasteiger partial charge is 0.488 e. The molecule has 1 heterocycles. The number of hydrogen-bond donors (Lipinski definition) is 1. The summed E-state index contributed by atoms with van der Waals surface area (Å²) in [5.41, 5.74) is 6.73. The summed E-state index contributed by atoms with van der Waals surface area (Å²) in [6, 6.07) is 9.78. The van der Waals surface area contributed by atoms with Gasteiger partial charge < -0.3 is 10.5 Å². The number of hydrogen-bond acceptors (Lipinski definition) is 3. The Labute approximate surface area is 95.2 Å². The second-order valence-electron chi connectivity index (χ2n) is 4.01. The molecule has 2 aromatic rings. The van der Waals surface area contributed by atoms with Crippen LogP contribution in [-0.2, 0) is 0 Å². The van der Waals surface area contributed by atoms with Crippen molar-refractivity contribution in [1.82, 2.24) is 4.98 Å². The standard InChI is InChI=1S/C13H16N2O/c1-9(14)10(2)16-13-7-3-6-12-11(13)5-4-8-15-12/h3-10H,14H2,1-2H3/t9-,10?/m0/s1. The first-order valence-electron chi connectivity index (χ1n) is 5.44. The minimum atomic E-state index is -0.00851. The van der Waals surface area contributed by atoms with Crippen LogP contribution in [0, 0.1) is 0 Å². The van der Waals surface area contributed by atoms with Crippen LogP contribution in [0.25, 0.3) is 10.9 Å². The highest BCUT2D eigenvalue weighted by Gasteiger charge is 2.10. The molecule has 2 atom stereocenters. The van der Waals surface area contributed by atoms with E-state index in [0.29, 0.717) is 0 Å². The van der Waals surface area contributed by atoms with Crippen LogP contribution in [0.5, 0.6) is 5.75 Å². The van der Waals surface area contributed by atoms with Gasteiger partial charge in [-0.05, 0) is 38.1 Å². The molecule has 1 unspecified atom stereocenters. The highest BCUT2D eigenvalue weighted by Crippen LogP contribution is 2.24. The minimum Gasteiger partial charge on any atom is -0.488 e. The summed E-state index contributed by atoms with van der Waals surface area (Å²) >= 11 is 0. The van der Waals surface area contributed by atoms with Crippen molar-refractivity contribution >= 4 is 10.9 Å². The Kier molecular flexibility index (Phi) is 3.06. The lowest BCUT2D eigenvalue weighted by molar-refractivity contribution is 0.199. The first-order chi connectivity index (χ1) is 7.68. The first kappa shape index (κ1) is 10.9. The molecule has 0 aliphatic carbocycles. The SMILES string of the molecule is CC(Oc1cccc2ncccc12)[C@H](C)N. The van der Waals surface area contributed by atoms with E-state index in [1.165, 1.54) is 0 Å². The molecule has 0 saturated heterocycles. The molecule has 0 saturated carbocycles. The van der Waals surface area contributed by atoms with Crippen LogP contribution in [0.15, 0.2) is 36.5 Å². The van der Waals surface area contributed by atoms with E-state index >= 15 is 0 Å². The van der Waals surface area contributed by atoms with E-state index in [0.717, 1.165) is 16.7 Å². The summed E-state index contributed by atoms with van der Waals surface area (Å²) in [6.45, 7) is 3.91. The quantitative estimate of drug-likeness (QED) is 0.856. The number of aromatic nitrogens is 1. The topological polar surface area (TPSA) is 48.1 Å². The van der Waals surface area contributed by atoms with Gasteiger partial charge in [0.2, 0.25) is 0 Å². The van der Waals surface area contributed by atoms with E-state index in [4.69, 9.17) is 10.5 Å². The Morgan fingerprint density at radius 1 is 1.19 bits per heavy atom. The molecule has 3 nitrogen and oxygen atoms in total. The Morgan fingerprint density at radius 2 is 2.00 bits per heavy atom. The van der Waals surface area contributed by atoms with Gasteiger partial charge in [0.15, 0.2) is 0 Å². The second kappa shape index (κ2) is 4.49. The lowest BCUT2D eigenvalue weighted by atomic mass is 10.2. The fourth-order valence-electron chi connectivity index (χ4n) is 1.49. The van der Waals surface area contributed by atoms with E-state index in [1.54, 1.807) is 6.20 Å². The number of benzene rings is 1. The van der Waals surface area contributed by atoms with Crippen molar-refractivity contribution in [3.8, 4) is 5.75 Å². The number of ether oxygens (including phenoxy) is 1. The van der Waals surface area contributed by atoms with Crippen molar-refractivity contribution in [1.29, 1.82) is 0 Å². The van der Waals surface area contributed by atoms with Crippen LogP contribution in [0.1, 0.15) is 13.8 Å². The number of rotatable bonds is 3. The normalized spacial score (nSPS) is 14.7. The van der Waals surface area contributed by atoms with E-state index in [9.17, 15) is 0 Å². The lowest BCUT2D eigenvalue weighted by Crippen LogP contribution is -2.33. The number of nitrogens with zero attached hydrogens (tertiary/aromatic N) is 1. The third kappa shape index (κ3) is 2.14. The third-order valence-corrected chi connectivity index (χ3v) is 2.66. The second-order valence-corrected chi connectivity index (χ2v) is 4.01. The summed E-state index contributed by atoms with van der Waals surface area (Å²) in [5, 5.41) is 1.03. The average molecular weight is 216 g/mol. The Bertz CT molecular complexity index is 477. The van der Waals surface area contributed by atoms with Gasteiger partial charge >= 0.3 is 0 Å². The number of fused-ring (bicyclic) bond motifs is 1. The molecule has 0 aliphatic rings.